The lowest BCUT2D eigenvalue weighted by Crippen LogP contribution is -2.10. The second kappa shape index (κ2) is 6.72. The lowest BCUT2D eigenvalue weighted by molar-refractivity contribution is 0.296. The van der Waals surface area contributed by atoms with Crippen LogP contribution in [0.2, 0.25) is 0 Å². The second-order valence-corrected chi connectivity index (χ2v) is 5.49. The van der Waals surface area contributed by atoms with E-state index in [0.29, 0.717) is 11.6 Å². The Morgan fingerprint density at radius 1 is 1.20 bits per heavy atom. The molecule has 2 aromatic carbocycles. The third-order valence-electron chi connectivity index (χ3n) is 2.77. The fourth-order valence-corrected chi connectivity index (χ4v) is 2.13. The first-order valence-corrected chi connectivity index (χ1v) is 7.15. The molecule has 0 saturated carbocycles. The summed E-state index contributed by atoms with van der Waals surface area (Å²) in [4.78, 5) is 0.359. The maximum Gasteiger partial charge on any atom is 0.125 e. The third-order valence-corrected chi connectivity index (χ3v) is 3.54. The summed E-state index contributed by atoms with van der Waals surface area (Å²) in [6, 6.07) is 13.2. The molecule has 0 unspecified atom stereocenters. The molecule has 0 amide bonds. The van der Waals surface area contributed by atoms with Crippen molar-refractivity contribution in [2.24, 2.45) is 5.73 Å². The fourth-order valence-electron chi connectivity index (χ4n) is 1.74. The molecule has 2 aromatic rings. The maximum atomic E-state index is 5.74. The zero-order chi connectivity index (χ0) is 14.5. The normalized spacial score (nSPS) is 10.1. The Bertz CT molecular complexity index is 614. The summed E-state index contributed by atoms with van der Waals surface area (Å²) >= 11 is 8.37. The predicted molar refractivity (Wildman–Crippen MR) is 87.4 cm³/mol. The summed E-state index contributed by atoms with van der Waals surface area (Å²) in [5, 5.41) is 0. The first-order chi connectivity index (χ1) is 9.60. The van der Waals surface area contributed by atoms with E-state index in [2.05, 4.69) is 15.9 Å². The Kier molecular flexibility index (Phi) is 4.98. The molecular formula is C15H14BrNO2S. The van der Waals surface area contributed by atoms with Crippen LogP contribution in [0.4, 0.5) is 0 Å². The number of thiocarbonyl (C=S) groups is 1. The topological polar surface area (TPSA) is 44.5 Å². The van der Waals surface area contributed by atoms with Crippen LogP contribution in [0, 0.1) is 0 Å². The molecule has 0 heterocycles. The van der Waals surface area contributed by atoms with Crippen molar-refractivity contribution < 1.29 is 9.47 Å². The minimum Gasteiger partial charge on any atom is -0.496 e. The van der Waals surface area contributed by atoms with Crippen molar-refractivity contribution >= 4 is 33.1 Å². The van der Waals surface area contributed by atoms with E-state index >= 15 is 0 Å². The van der Waals surface area contributed by atoms with Crippen molar-refractivity contribution in [2.75, 3.05) is 7.11 Å². The van der Waals surface area contributed by atoms with E-state index in [0.717, 1.165) is 27.1 Å². The van der Waals surface area contributed by atoms with Crippen LogP contribution in [-0.2, 0) is 6.61 Å². The number of hydrogen-bond donors (Lipinski definition) is 1. The molecule has 0 aromatic heterocycles. The van der Waals surface area contributed by atoms with Gasteiger partial charge in [-0.25, -0.2) is 0 Å². The van der Waals surface area contributed by atoms with Crippen LogP contribution in [0.25, 0.3) is 0 Å². The quantitative estimate of drug-likeness (QED) is 0.834. The van der Waals surface area contributed by atoms with Gasteiger partial charge in [-0.05, 0) is 42.5 Å². The molecule has 2 rings (SSSR count). The van der Waals surface area contributed by atoms with Crippen LogP contribution < -0.4 is 15.2 Å². The van der Waals surface area contributed by atoms with E-state index in [1.165, 1.54) is 0 Å². The standard InChI is InChI=1S/C15H14BrNO2S/c1-18-14-7-2-10(15(17)20)8-11(14)9-19-13-5-3-12(16)4-6-13/h2-8H,9H2,1H3,(H2,17,20). The lowest BCUT2D eigenvalue weighted by Gasteiger charge is -2.12. The molecule has 0 radical (unpaired) electrons. The molecule has 0 saturated heterocycles. The van der Waals surface area contributed by atoms with Crippen molar-refractivity contribution in [2.45, 2.75) is 6.61 Å². The van der Waals surface area contributed by atoms with Crippen molar-refractivity contribution in [1.82, 2.24) is 0 Å². The first kappa shape index (κ1) is 14.8. The number of ether oxygens (including phenoxy) is 2. The molecular weight excluding hydrogens is 338 g/mol. The SMILES string of the molecule is COc1ccc(C(N)=S)cc1COc1ccc(Br)cc1. The van der Waals surface area contributed by atoms with Crippen LogP contribution in [0.3, 0.4) is 0 Å². The van der Waals surface area contributed by atoms with Gasteiger partial charge in [-0.1, -0.05) is 28.1 Å². The zero-order valence-corrected chi connectivity index (χ0v) is 13.3. The molecule has 0 atom stereocenters. The largest absolute Gasteiger partial charge is 0.496 e. The number of halogens is 1. The van der Waals surface area contributed by atoms with Crippen LogP contribution in [0.5, 0.6) is 11.5 Å². The van der Waals surface area contributed by atoms with Crippen molar-refractivity contribution in [3.63, 3.8) is 0 Å². The van der Waals surface area contributed by atoms with Crippen LogP contribution in [-0.4, -0.2) is 12.1 Å². The van der Waals surface area contributed by atoms with Gasteiger partial charge in [-0.2, -0.15) is 0 Å². The Labute approximate surface area is 131 Å². The third kappa shape index (κ3) is 3.71. The summed E-state index contributed by atoms with van der Waals surface area (Å²) < 4.78 is 12.1. The summed E-state index contributed by atoms with van der Waals surface area (Å²) in [7, 11) is 1.62. The monoisotopic (exact) mass is 351 g/mol. The first-order valence-electron chi connectivity index (χ1n) is 5.95. The smallest absolute Gasteiger partial charge is 0.125 e. The highest BCUT2D eigenvalue weighted by Gasteiger charge is 2.07. The van der Waals surface area contributed by atoms with Gasteiger partial charge in [0, 0.05) is 15.6 Å². The Morgan fingerprint density at radius 2 is 1.90 bits per heavy atom. The molecule has 0 aliphatic heterocycles. The molecule has 2 N–H and O–H groups in total. The Hall–Kier alpha value is -1.59. The second-order valence-electron chi connectivity index (χ2n) is 4.13. The van der Waals surface area contributed by atoms with Gasteiger partial charge in [-0.3, -0.25) is 0 Å². The van der Waals surface area contributed by atoms with Gasteiger partial charge in [0.2, 0.25) is 0 Å². The minimum atomic E-state index is 0.359. The van der Waals surface area contributed by atoms with Gasteiger partial charge < -0.3 is 15.2 Å². The highest BCUT2D eigenvalue weighted by atomic mass is 79.9. The van der Waals surface area contributed by atoms with Crippen LogP contribution in [0.15, 0.2) is 46.9 Å². The highest BCUT2D eigenvalue weighted by molar-refractivity contribution is 9.10. The van der Waals surface area contributed by atoms with Gasteiger partial charge in [0.15, 0.2) is 0 Å². The number of rotatable bonds is 5. The van der Waals surface area contributed by atoms with Gasteiger partial charge in [-0.15, -0.1) is 0 Å². The van der Waals surface area contributed by atoms with E-state index in [4.69, 9.17) is 27.4 Å². The molecule has 5 heteroatoms. The molecule has 0 bridgehead atoms. The summed E-state index contributed by atoms with van der Waals surface area (Å²) in [5.74, 6) is 1.54. The number of nitrogens with two attached hydrogens (primary N) is 1. The van der Waals surface area contributed by atoms with E-state index in [1.807, 2.05) is 42.5 Å². The van der Waals surface area contributed by atoms with Gasteiger partial charge >= 0.3 is 0 Å². The number of benzene rings is 2. The molecule has 3 nitrogen and oxygen atoms in total. The number of methoxy groups -OCH3 is 1. The molecule has 20 heavy (non-hydrogen) atoms. The van der Waals surface area contributed by atoms with Gasteiger partial charge in [0.25, 0.3) is 0 Å². The average molecular weight is 352 g/mol. The Balaban J connectivity index is 2.16. The van der Waals surface area contributed by atoms with Crippen molar-refractivity contribution in [1.29, 1.82) is 0 Å². The Morgan fingerprint density at radius 3 is 2.50 bits per heavy atom. The number of hydrogen-bond acceptors (Lipinski definition) is 3. The van der Waals surface area contributed by atoms with E-state index in [1.54, 1.807) is 7.11 Å². The van der Waals surface area contributed by atoms with E-state index < -0.39 is 0 Å². The summed E-state index contributed by atoms with van der Waals surface area (Å²) in [6.07, 6.45) is 0. The molecule has 0 spiro atoms. The van der Waals surface area contributed by atoms with E-state index in [9.17, 15) is 0 Å². The average Bonchev–Trinajstić information content (AvgIpc) is 2.46. The van der Waals surface area contributed by atoms with E-state index in [-0.39, 0.29) is 0 Å². The molecule has 0 fully saturated rings. The maximum absolute atomic E-state index is 5.74. The summed E-state index contributed by atoms with van der Waals surface area (Å²) in [6.45, 7) is 0.390. The zero-order valence-electron chi connectivity index (χ0n) is 10.9. The molecule has 0 aliphatic rings. The van der Waals surface area contributed by atoms with Gasteiger partial charge in [0.05, 0.1) is 7.11 Å². The molecule has 104 valence electrons. The molecule has 0 aliphatic carbocycles. The van der Waals surface area contributed by atoms with Crippen molar-refractivity contribution in [3.8, 4) is 11.5 Å². The summed E-state index contributed by atoms with van der Waals surface area (Å²) in [5.41, 5.74) is 7.35. The fraction of sp³-hybridized carbons (Fsp3) is 0.133. The van der Waals surface area contributed by atoms with Gasteiger partial charge in [0.1, 0.15) is 23.1 Å². The van der Waals surface area contributed by atoms with Crippen molar-refractivity contribution in [3.05, 3.63) is 58.1 Å². The van der Waals surface area contributed by atoms with Crippen LogP contribution >= 0.6 is 28.1 Å². The highest BCUT2D eigenvalue weighted by Crippen LogP contribution is 2.23. The minimum absolute atomic E-state index is 0.359. The van der Waals surface area contributed by atoms with Crippen LogP contribution in [0.1, 0.15) is 11.1 Å². The lowest BCUT2D eigenvalue weighted by atomic mass is 10.1. The predicted octanol–water partition coefficient (Wildman–Crippen LogP) is 3.67.